The molecule has 3 nitrogen and oxygen atoms in total. The number of anilines is 1. The van der Waals surface area contributed by atoms with Crippen molar-refractivity contribution in [3.8, 4) is 0 Å². The van der Waals surface area contributed by atoms with E-state index in [-0.39, 0.29) is 10.8 Å². The van der Waals surface area contributed by atoms with E-state index in [0.29, 0.717) is 21.9 Å². The normalized spacial score (nSPS) is 24.6. The maximum atomic E-state index is 12.3. The number of carbonyl (C=O) groups is 1. The number of halogens is 2. The van der Waals surface area contributed by atoms with E-state index in [2.05, 4.69) is 37.5 Å². The highest BCUT2D eigenvalue weighted by molar-refractivity contribution is 6.42. The van der Waals surface area contributed by atoms with Gasteiger partial charge in [0.15, 0.2) is 0 Å². The molecule has 0 spiro atoms. The van der Waals surface area contributed by atoms with Crippen molar-refractivity contribution in [1.82, 2.24) is 4.90 Å². The van der Waals surface area contributed by atoms with Gasteiger partial charge in [0.1, 0.15) is 5.78 Å². The number of Topliss-reactive ketones (excluding diaryl/α,β-unsaturated/α-hetero) is 1. The zero-order valence-electron chi connectivity index (χ0n) is 14.2. The average Bonchev–Trinajstić information content (AvgIpc) is 2.49. The number of ketones is 1. The Hall–Kier alpha value is -0.770. The molecule has 0 radical (unpaired) electrons. The van der Waals surface area contributed by atoms with Crippen LogP contribution in [0.4, 0.5) is 5.69 Å². The third-order valence-electron chi connectivity index (χ3n) is 5.49. The third kappa shape index (κ3) is 2.67. The molecule has 0 bridgehead atoms. The Labute approximate surface area is 148 Å². The van der Waals surface area contributed by atoms with Crippen LogP contribution in [0.1, 0.15) is 27.7 Å². The summed E-state index contributed by atoms with van der Waals surface area (Å²) in [6.45, 7) is 12.1. The summed E-state index contributed by atoms with van der Waals surface area (Å²) in [5.41, 5.74) is 0.632. The number of benzene rings is 1. The van der Waals surface area contributed by atoms with Crippen LogP contribution in [-0.2, 0) is 4.79 Å². The van der Waals surface area contributed by atoms with Crippen LogP contribution in [0, 0.1) is 10.8 Å². The minimum absolute atomic E-state index is 0.241. The second kappa shape index (κ2) is 5.65. The molecule has 1 aliphatic carbocycles. The van der Waals surface area contributed by atoms with Gasteiger partial charge in [0.05, 0.1) is 10.0 Å². The molecule has 23 heavy (non-hydrogen) atoms. The number of nitrogens with zero attached hydrogens (tertiary/aromatic N) is 2. The van der Waals surface area contributed by atoms with Crippen LogP contribution in [0.5, 0.6) is 0 Å². The van der Waals surface area contributed by atoms with Crippen LogP contribution in [0.25, 0.3) is 0 Å². The summed E-state index contributed by atoms with van der Waals surface area (Å²) in [6.07, 6.45) is 0. The molecular weight excluding hydrogens is 331 g/mol. The van der Waals surface area contributed by atoms with Gasteiger partial charge in [0.2, 0.25) is 0 Å². The molecular formula is C18H24Cl2N2O. The summed E-state index contributed by atoms with van der Waals surface area (Å²) in [5, 5.41) is 1.18. The van der Waals surface area contributed by atoms with E-state index in [9.17, 15) is 4.79 Å². The molecule has 1 saturated heterocycles. The second-order valence-corrected chi connectivity index (χ2v) is 8.61. The van der Waals surface area contributed by atoms with Crippen molar-refractivity contribution in [1.29, 1.82) is 0 Å². The predicted molar refractivity (Wildman–Crippen MR) is 96.6 cm³/mol. The molecule has 0 amide bonds. The van der Waals surface area contributed by atoms with Crippen LogP contribution in [0.15, 0.2) is 18.2 Å². The molecule has 1 aliphatic heterocycles. The van der Waals surface area contributed by atoms with Crippen LogP contribution < -0.4 is 4.90 Å². The first-order valence-corrected chi connectivity index (χ1v) is 8.90. The molecule has 1 heterocycles. The molecule has 2 aliphatic rings. The molecule has 5 heteroatoms. The van der Waals surface area contributed by atoms with Gasteiger partial charge in [-0.25, -0.2) is 0 Å². The Bertz CT molecular complexity index is 616. The smallest absolute Gasteiger partial charge is 0.147 e. The van der Waals surface area contributed by atoms with Crippen LogP contribution in [0.3, 0.4) is 0 Å². The number of piperazine rings is 1. The quantitative estimate of drug-likeness (QED) is 0.797. The van der Waals surface area contributed by atoms with E-state index < -0.39 is 0 Å². The van der Waals surface area contributed by atoms with Gasteiger partial charge in [-0.2, -0.15) is 0 Å². The first-order chi connectivity index (χ1) is 10.7. The highest BCUT2D eigenvalue weighted by Crippen LogP contribution is 2.53. The highest BCUT2D eigenvalue weighted by atomic mass is 35.5. The SMILES string of the molecule is CC1(C)C(=O)C(C)(C)C1N1CCN(c2ccc(Cl)c(Cl)c2)CC1. The van der Waals surface area contributed by atoms with Gasteiger partial charge in [-0.3, -0.25) is 9.69 Å². The van der Waals surface area contributed by atoms with Crippen molar-refractivity contribution in [2.75, 3.05) is 31.1 Å². The topological polar surface area (TPSA) is 23.6 Å². The molecule has 0 N–H and O–H groups in total. The fraction of sp³-hybridized carbons (Fsp3) is 0.611. The lowest BCUT2D eigenvalue weighted by atomic mass is 9.50. The van der Waals surface area contributed by atoms with Crippen molar-refractivity contribution in [2.24, 2.45) is 10.8 Å². The average molecular weight is 355 g/mol. The largest absolute Gasteiger partial charge is 0.369 e. The van der Waals surface area contributed by atoms with E-state index in [4.69, 9.17) is 23.2 Å². The number of hydrogen-bond donors (Lipinski definition) is 0. The minimum atomic E-state index is -0.241. The molecule has 0 aromatic heterocycles. The first kappa shape index (κ1) is 17.1. The van der Waals surface area contributed by atoms with Gasteiger partial charge in [-0.1, -0.05) is 50.9 Å². The van der Waals surface area contributed by atoms with Crippen molar-refractivity contribution in [2.45, 2.75) is 33.7 Å². The van der Waals surface area contributed by atoms with Crippen molar-refractivity contribution in [3.63, 3.8) is 0 Å². The Morgan fingerprint density at radius 2 is 1.52 bits per heavy atom. The predicted octanol–water partition coefficient (Wildman–Crippen LogP) is 4.12. The molecule has 1 aromatic carbocycles. The molecule has 0 atom stereocenters. The fourth-order valence-corrected chi connectivity index (χ4v) is 5.03. The number of rotatable bonds is 2. The van der Waals surface area contributed by atoms with Crippen molar-refractivity contribution < 1.29 is 4.79 Å². The molecule has 1 saturated carbocycles. The third-order valence-corrected chi connectivity index (χ3v) is 6.22. The molecule has 1 aromatic rings. The lowest BCUT2D eigenvalue weighted by molar-refractivity contribution is -0.170. The zero-order chi connectivity index (χ0) is 17.0. The van der Waals surface area contributed by atoms with Gasteiger partial charge < -0.3 is 4.90 Å². The lowest BCUT2D eigenvalue weighted by Crippen LogP contribution is -2.72. The fourth-order valence-electron chi connectivity index (χ4n) is 4.74. The standard InChI is InChI=1S/C18H24Cl2N2O/c1-17(2)15(18(3,4)16(17)23)22-9-7-21(8-10-22)12-5-6-13(19)14(20)11-12/h5-6,11,15H,7-10H2,1-4H3. The Morgan fingerprint density at radius 1 is 0.957 bits per heavy atom. The Morgan fingerprint density at radius 3 is 2.04 bits per heavy atom. The van der Waals surface area contributed by atoms with Gasteiger partial charge in [-0.15, -0.1) is 0 Å². The number of carbonyl (C=O) groups excluding carboxylic acids is 1. The zero-order valence-corrected chi connectivity index (χ0v) is 15.7. The lowest BCUT2D eigenvalue weighted by Gasteiger charge is -2.60. The van der Waals surface area contributed by atoms with Crippen LogP contribution in [0.2, 0.25) is 10.0 Å². The van der Waals surface area contributed by atoms with Crippen LogP contribution in [-0.4, -0.2) is 42.9 Å². The van der Waals surface area contributed by atoms with E-state index >= 15 is 0 Å². The summed E-state index contributed by atoms with van der Waals surface area (Å²) in [5.74, 6) is 0.377. The first-order valence-electron chi connectivity index (χ1n) is 8.14. The maximum Gasteiger partial charge on any atom is 0.147 e. The monoisotopic (exact) mass is 354 g/mol. The summed E-state index contributed by atoms with van der Waals surface area (Å²) in [4.78, 5) is 17.2. The van der Waals surface area contributed by atoms with Gasteiger partial charge in [0.25, 0.3) is 0 Å². The summed E-state index contributed by atoms with van der Waals surface area (Å²) in [6, 6.07) is 6.12. The van der Waals surface area contributed by atoms with Gasteiger partial charge in [-0.05, 0) is 18.2 Å². The van der Waals surface area contributed by atoms with E-state index in [0.717, 1.165) is 31.9 Å². The summed E-state index contributed by atoms with van der Waals surface area (Å²) in [7, 11) is 0. The number of hydrogen-bond acceptors (Lipinski definition) is 3. The molecule has 0 unspecified atom stereocenters. The molecule has 126 valence electrons. The Kier molecular flexibility index (Phi) is 4.19. The van der Waals surface area contributed by atoms with Gasteiger partial charge >= 0.3 is 0 Å². The minimum Gasteiger partial charge on any atom is -0.369 e. The van der Waals surface area contributed by atoms with E-state index in [1.807, 2.05) is 18.2 Å². The van der Waals surface area contributed by atoms with Crippen LogP contribution >= 0.6 is 23.2 Å². The van der Waals surface area contributed by atoms with Crippen molar-refractivity contribution in [3.05, 3.63) is 28.2 Å². The summed E-state index contributed by atoms with van der Waals surface area (Å²) >= 11 is 12.1. The maximum absolute atomic E-state index is 12.3. The van der Waals surface area contributed by atoms with E-state index in [1.54, 1.807) is 0 Å². The van der Waals surface area contributed by atoms with E-state index in [1.165, 1.54) is 0 Å². The molecule has 2 fully saturated rings. The summed E-state index contributed by atoms with van der Waals surface area (Å²) < 4.78 is 0. The Balaban J connectivity index is 1.69. The van der Waals surface area contributed by atoms with Gasteiger partial charge in [0, 0.05) is 48.7 Å². The molecule has 3 rings (SSSR count). The highest BCUT2D eigenvalue weighted by Gasteiger charge is 2.63. The van der Waals surface area contributed by atoms with Crippen molar-refractivity contribution >= 4 is 34.7 Å². The second-order valence-electron chi connectivity index (χ2n) is 7.80.